The van der Waals surface area contributed by atoms with E-state index in [2.05, 4.69) is 22.5 Å². The van der Waals surface area contributed by atoms with E-state index in [0.717, 1.165) is 26.1 Å². The predicted octanol–water partition coefficient (Wildman–Crippen LogP) is 0.389. The van der Waals surface area contributed by atoms with Crippen molar-refractivity contribution in [2.75, 3.05) is 19.6 Å². The molecule has 0 bridgehead atoms. The third-order valence-electron chi connectivity index (χ3n) is 2.26. The molecule has 0 aliphatic heterocycles. The summed E-state index contributed by atoms with van der Waals surface area (Å²) in [4.78, 5) is 15.3. The zero-order valence-corrected chi connectivity index (χ0v) is 9.78. The molecule has 16 heavy (non-hydrogen) atoms. The second-order valence-electron chi connectivity index (χ2n) is 3.61. The first kappa shape index (κ1) is 12.7. The number of carbonyl (C=O) groups is 1. The summed E-state index contributed by atoms with van der Waals surface area (Å²) >= 11 is 0. The van der Waals surface area contributed by atoms with Gasteiger partial charge in [-0.25, -0.2) is 4.98 Å². The van der Waals surface area contributed by atoms with E-state index in [4.69, 9.17) is 0 Å². The molecule has 0 aromatic carbocycles. The molecule has 0 spiro atoms. The van der Waals surface area contributed by atoms with Gasteiger partial charge in [0.15, 0.2) is 0 Å². The minimum atomic E-state index is 0.102. The number of hydrogen-bond acceptors (Lipinski definition) is 3. The summed E-state index contributed by atoms with van der Waals surface area (Å²) in [6, 6.07) is 0. The van der Waals surface area contributed by atoms with Crippen LogP contribution in [0.5, 0.6) is 0 Å². The average molecular weight is 224 g/mol. The van der Waals surface area contributed by atoms with Crippen LogP contribution in [0.25, 0.3) is 0 Å². The summed E-state index contributed by atoms with van der Waals surface area (Å²) in [5.41, 5.74) is 0. The Morgan fingerprint density at radius 1 is 1.44 bits per heavy atom. The Balaban J connectivity index is 1.99. The molecular formula is C11H20N4O. The predicted molar refractivity (Wildman–Crippen MR) is 63.0 cm³/mol. The first-order valence-electron chi connectivity index (χ1n) is 5.76. The Bertz CT molecular complexity index is 284. The first-order valence-corrected chi connectivity index (χ1v) is 5.76. The van der Waals surface area contributed by atoms with Gasteiger partial charge in [-0.3, -0.25) is 4.79 Å². The zero-order chi connectivity index (χ0) is 11.6. The van der Waals surface area contributed by atoms with E-state index >= 15 is 0 Å². The fourth-order valence-corrected chi connectivity index (χ4v) is 1.36. The Morgan fingerprint density at radius 3 is 3.00 bits per heavy atom. The maximum absolute atomic E-state index is 11.4. The molecule has 0 fully saturated rings. The molecule has 1 aromatic rings. The number of rotatable bonds is 8. The van der Waals surface area contributed by atoms with Gasteiger partial charge in [-0.1, -0.05) is 6.92 Å². The highest BCUT2D eigenvalue weighted by Crippen LogP contribution is 1.90. The fraction of sp³-hybridized carbons (Fsp3) is 0.636. The van der Waals surface area contributed by atoms with Gasteiger partial charge >= 0.3 is 0 Å². The summed E-state index contributed by atoms with van der Waals surface area (Å²) in [5.74, 6) is 0.102. The largest absolute Gasteiger partial charge is 0.356 e. The van der Waals surface area contributed by atoms with E-state index in [0.29, 0.717) is 13.0 Å². The molecule has 1 amide bonds. The van der Waals surface area contributed by atoms with Crippen LogP contribution in [0.15, 0.2) is 18.7 Å². The fourth-order valence-electron chi connectivity index (χ4n) is 1.36. The highest BCUT2D eigenvalue weighted by Gasteiger charge is 2.00. The van der Waals surface area contributed by atoms with Crippen LogP contribution in [-0.4, -0.2) is 35.1 Å². The number of aromatic nitrogens is 2. The number of amides is 1. The third-order valence-corrected chi connectivity index (χ3v) is 2.26. The molecule has 0 aliphatic rings. The molecule has 5 heteroatoms. The summed E-state index contributed by atoms with van der Waals surface area (Å²) in [7, 11) is 0. The highest BCUT2D eigenvalue weighted by atomic mass is 16.1. The summed E-state index contributed by atoms with van der Waals surface area (Å²) in [5, 5.41) is 6.10. The number of aryl methyl sites for hydroxylation is 1. The van der Waals surface area contributed by atoms with Gasteiger partial charge < -0.3 is 15.2 Å². The number of imidazole rings is 1. The van der Waals surface area contributed by atoms with Crippen LogP contribution in [-0.2, 0) is 11.3 Å². The molecule has 0 saturated heterocycles. The summed E-state index contributed by atoms with van der Waals surface area (Å²) in [6.45, 7) is 5.45. The van der Waals surface area contributed by atoms with E-state index < -0.39 is 0 Å². The van der Waals surface area contributed by atoms with Crippen molar-refractivity contribution in [3.8, 4) is 0 Å². The van der Waals surface area contributed by atoms with Crippen molar-refractivity contribution in [1.82, 2.24) is 20.2 Å². The smallest absolute Gasteiger partial charge is 0.221 e. The van der Waals surface area contributed by atoms with Gasteiger partial charge in [-0.15, -0.1) is 0 Å². The van der Waals surface area contributed by atoms with Gasteiger partial charge in [0.2, 0.25) is 5.91 Å². The molecule has 1 aromatic heterocycles. The van der Waals surface area contributed by atoms with E-state index in [1.165, 1.54) is 0 Å². The van der Waals surface area contributed by atoms with Gasteiger partial charge in [0.1, 0.15) is 0 Å². The topological polar surface area (TPSA) is 58.9 Å². The Hall–Kier alpha value is -1.36. The van der Waals surface area contributed by atoms with Crippen molar-refractivity contribution in [2.24, 2.45) is 0 Å². The second kappa shape index (κ2) is 7.87. The molecule has 0 unspecified atom stereocenters. The lowest BCUT2D eigenvalue weighted by Gasteiger charge is -2.05. The standard InChI is InChI=1S/C11H20N4O/c1-2-12-5-3-6-14-11(16)4-8-15-9-7-13-10-15/h7,9-10,12H,2-6,8H2,1H3,(H,14,16). The normalized spacial score (nSPS) is 10.3. The molecule has 0 saturated carbocycles. The lowest BCUT2D eigenvalue weighted by atomic mass is 10.3. The molecule has 90 valence electrons. The van der Waals surface area contributed by atoms with E-state index in [1.807, 2.05) is 10.8 Å². The summed E-state index contributed by atoms with van der Waals surface area (Å²) < 4.78 is 1.90. The lowest BCUT2D eigenvalue weighted by Crippen LogP contribution is -2.27. The van der Waals surface area contributed by atoms with Crippen molar-refractivity contribution >= 4 is 5.91 Å². The molecule has 0 aliphatic carbocycles. The molecule has 0 atom stereocenters. The first-order chi connectivity index (χ1) is 7.83. The van der Waals surface area contributed by atoms with Crippen LogP contribution >= 0.6 is 0 Å². The minimum absolute atomic E-state index is 0.102. The van der Waals surface area contributed by atoms with Crippen LogP contribution < -0.4 is 10.6 Å². The van der Waals surface area contributed by atoms with Gasteiger partial charge in [-0.2, -0.15) is 0 Å². The number of nitrogens with one attached hydrogen (secondary N) is 2. The Labute approximate surface area is 96.3 Å². The molecule has 0 radical (unpaired) electrons. The van der Waals surface area contributed by atoms with Gasteiger partial charge in [-0.05, 0) is 19.5 Å². The SMILES string of the molecule is CCNCCCNC(=O)CCn1ccnc1. The molecule has 1 rings (SSSR count). The minimum Gasteiger partial charge on any atom is -0.356 e. The lowest BCUT2D eigenvalue weighted by molar-refractivity contribution is -0.121. The van der Waals surface area contributed by atoms with Crippen LogP contribution in [0, 0.1) is 0 Å². The number of nitrogens with zero attached hydrogens (tertiary/aromatic N) is 2. The molecule has 1 heterocycles. The Kier molecular flexibility index (Phi) is 6.25. The van der Waals surface area contributed by atoms with Gasteiger partial charge in [0, 0.05) is 31.9 Å². The number of hydrogen-bond donors (Lipinski definition) is 2. The van der Waals surface area contributed by atoms with Crippen molar-refractivity contribution in [3.63, 3.8) is 0 Å². The maximum Gasteiger partial charge on any atom is 0.221 e. The van der Waals surface area contributed by atoms with Crippen LogP contribution in [0.1, 0.15) is 19.8 Å². The highest BCUT2D eigenvalue weighted by molar-refractivity contribution is 5.75. The average Bonchev–Trinajstić information content (AvgIpc) is 2.79. The van der Waals surface area contributed by atoms with E-state index in [1.54, 1.807) is 12.5 Å². The molecule has 5 nitrogen and oxygen atoms in total. The quantitative estimate of drug-likeness (QED) is 0.628. The van der Waals surface area contributed by atoms with E-state index in [-0.39, 0.29) is 5.91 Å². The van der Waals surface area contributed by atoms with Gasteiger partial charge in [0.05, 0.1) is 6.33 Å². The van der Waals surface area contributed by atoms with Crippen molar-refractivity contribution in [1.29, 1.82) is 0 Å². The monoisotopic (exact) mass is 224 g/mol. The maximum atomic E-state index is 11.4. The van der Waals surface area contributed by atoms with E-state index in [9.17, 15) is 4.79 Å². The number of carbonyl (C=O) groups excluding carboxylic acids is 1. The second-order valence-corrected chi connectivity index (χ2v) is 3.61. The van der Waals surface area contributed by atoms with Crippen LogP contribution in [0.3, 0.4) is 0 Å². The van der Waals surface area contributed by atoms with Crippen molar-refractivity contribution < 1.29 is 4.79 Å². The van der Waals surface area contributed by atoms with Crippen LogP contribution in [0.2, 0.25) is 0 Å². The van der Waals surface area contributed by atoms with Crippen molar-refractivity contribution in [2.45, 2.75) is 26.3 Å². The zero-order valence-electron chi connectivity index (χ0n) is 9.78. The van der Waals surface area contributed by atoms with Crippen molar-refractivity contribution in [3.05, 3.63) is 18.7 Å². The Morgan fingerprint density at radius 2 is 2.31 bits per heavy atom. The summed E-state index contributed by atoms with van der Waals surface area (Å²) in [6.07, 6.45) is 6.79. The van der Waals surface area contributed by atoms with Gasteiger partial charge in [0.25, 0.3) is 0 Å². The molecule has 2 N–H and O–H groups in total. The van der Waals surface area contributed by atoms with Crippen LogP contribution in [0.4, 0.5) is 0 Å². The molecular weight excluding hydrogens is 204 g/mol. The third kappa shape index (κ3) is 5.50.